The predicted molar refractivity (Wildman–Crippen MR) is 260 cm³/mol. The molecule has 0 saturated carbocycles. The third kappa shape index (κ3) is 5.31. The fraction of sp³-hybridized carbons (Fsp3) is 0. The Balaban J connectivity index is 1.16. The summed E-state index contributed by atoms with van der Waals surface area (Å²) in [5.74, 6) is 0. The molecule has 61 heavy (non-hydrogen) atoms. The lowest BCUT2D eigenvalue weighted by molar-refractivity contribution is 1.15. The molecule has 2 heterocycles. The second-order valence-corrected chi connectivity index (χ2v) is 16.2. The highest BCUT2D eigenvalue weighted by molar-refractivity contribution is 6.12. The molecule has 0 saturated heterocycles. The Hall–Kier alpha value is -8.14. The first-order valence-corrected chi connectivity index (χ1v) is 21.0. The van der Waals surface area contributed by atoms with Crippen molar-refractivity contribution in [2.45, 2.75) is 0 Å². The zero-order valence-corrected chi connectivity index (χ0v) is 33.2. The van der Waals surface area contributed by atoms with Crippen LogP contribution >= 0.6 is 0 Å². The van der Waals surface area contributed by atoms with Gasteiger partial charge in [0.2, 0.25) is 0 Å². The van der Waals surface area contributed by atoms with Gasteiger partial charge in [-0.1, -0.05) is 140 Å². The van der Waals surface area contributed by atoms with E-state index < -0.39 is 0 Å². The van der Waals surface area contributed by atoms with Gasteiger partial charge in [-0.15, -0.1) is 0 Å². The first-order valence-electron chi connectivity index (χ1n) is 21.0. The van der Waals surface area contributed by atoms with Crippen LogP contribution in [0.1, 0.15) is 0 Å². The Kier molecular flexibility index (Phi) is 7.31. The molecule has 3 nitrogen and oxygen atoms in total. The Morgan fingerprint density at radius 3 is 1.39 bits per heavy atom. The van der Waals surface area contributed by atoms with Gasteiger partial charge in [0.1, 0.15) is 0 Å². The molecule has 284 valence electrons. The summed E-state index contributed by atoms with van der Waals surface area (Å²) in [7, 11) is 0. The molecule has 0 aliphatic rings. The highest BCUT2D eigenvalue weighted by atomic mass is 15.0. The van der Waals surface area contributed by atoms with E-state index >= 15 is 0 Å². The van der Waals surface area contributed by atoms with E-state index in [4.69, 9.17) is 0 Å². The topological polar surface area (TPSA) is 14.8 Å². The van der Waals surface area contributed by atoms with Gasteiger partial charge in [-0.25, -0.2) is 0 Å². The van der Waals surface area contributed by atoms with Crippen LogP contribution in [-0.4, -0.2) is 13.7 Å². The molecule has 0 unspecified atom stereocenters. The molecule has 3 heteroatoms. The van der Waals surface area contributed by atoms with E-state index in [2.05, 4.69) is 238 Å². The molecular formula is C58H37N3. The molecule has 0 spiro atoms. The highest BCUT2D eigenvalue weighted by Gasteiger charge is 2.16. The molecule has 11 aromatic carbocycles. The Bertz CT molecular complexity index is 4000. The normalized spacial score (nSPS) is 11.9. The van der Waals surface area contributed by atoms with Crippen LogP contribution < -0.4 is 0 Å². The Labute approximate surface area is 351 Å². The van der Waals surface area contributed by atoms with Gasteiger partial charge in [-0.3, -0.25) is 0 Å². The lowest BCUT2D eigenvalue weighted by Crippen LogP contribution is -1.99. The van der Waals surface area contributed by atoms with Gasteiger partial charge in [-0.2, -0.15) is 0 Å². The summed E-state index contributed by atoms with van der Waals surface area (Å²) in [6.07, 6.45) is 0. The van der Waals surface area contributed by atoms with Gasteiger partial charge in [-0.05, 0) is 133 Å². The molecule has 13 rings (SSSR count). The molecule has 2 aromatic heterocycles. The number of para-hydroxylation sites is 1. The van der Waals surface area contributed by atoms with E-state index in [-0.39, 0.29) is 0 Å². The summed E-state index contributed by atoms with van der Waals surface area (Å²) in [4.78, 5) is 0. The number of hydrogen-bond acceptors (Lipinski definition) is 0. The molecule has 13 aromatic rings. The minimum Gasteiger partial charge on any atom is -0.310 e. The van der Waals surface area contributed by atoms with Crippen molar-refractivity contribution < 1.29 is 0 Å². The highest BCUT2D eigenvalue weighted by Crippen LogP contribution is 2.37. The van der Waals surface area contributed by atoms with Gasteiger partial charge >= 0.3 is 0 Å². The minimum absolute atomic E-state index is 1.09. The van der Waals surface area contributed by atoms with E-state index in [0.29, 0.717) is 0 Å². The van der Waals surface area contributed by atoms with Crippen LogP contribution in [0.4, 0.5) is 0 Å². The summed E-state index contributed by atoms with van der Waals surface area (Å²) in [6.45, 7) is 0. The predicted octanol–water partition coefficient (Wildman–Crippen LogP) is 15.6. The third-order valence-corrected chi connectivity index (χ3v) is 12.8. The van der Waals surface area contributed by atoms with E-state index in [9.17, 15) is 0 Å². The molecule has 0 aliphatic carbocycles. The molecule has 0 radical (unpaired) electrons. The largest absolute Gasteiger partial charge is 0.310 e. The summed E-state index contributed by atoms with van der Waals surface area (Å²) in [5, 5.41) is 14.5. The first-order chi connectivity index (χ1) is 30.2. The SMILES string of the molecule is c1ccc2cc(-n3c4cccc(c4)c4cccc(c4)n(-c4ccc5c6ccccc6n(-c6cccc7ccccc67)c5c4)c4ccc5ccc6ccc3cc6c5c4)ccc2c1. The average Bonchev–Trinajstić information content (AvgIpc) is 3.65. The quantitative estimate of drug-likeness (QED) is 0.159. The van der Waals surface area contributed by atoms with Gasteiger partial charge in [0.15, 0.2) is 0 Å². The van der Waals surface area contributed by atoms with Crippen molar-refractivity contribution in [3.05, 3.63) is 224 Å². The van der Waals surface area contributed by atoms with Crippen LogP contribution in [0.3, 0.4) is 0 Å². The van der Waals surface area contributed by atoms with Crippen molar-refractivity contribution >= 4 is 97.7 Å². The van der Waals surface area contributed by atoms with Crippen LogP contribution in [0, 0.1) is 0 Å². The Morgan fingerprint density at radius 2 is 0.672 bits per heavy atom. The van der Waals surface area contributed by atoms with Crippen molar-refractivity contribution in [1.82, 2.24) is 13.7 Å². The van der Waals surface area contributed by atoms with E-state index in [1.165, 1.54) is 70.6 Å². The number of nitrogens with zero attached hydrogens (tertiary/aromatic N) is 3. The van der Waals surface area contributed by atoms with Crippen LogP contribution in [0.15, 0.2) is 224 Å². The number of hydrogen-bond donors (Lipinski definition) is 0. The second kappa shape index (κ2) is 13.2. The van der Waals surface area contributed by atoms with E-state index in [1.807, 2.05) is 0 Å². The zero-order chi connectivity index (χ0) is 40.0. The fourth-order valence-corrected chi connectivity index (χ4v) is 9.92. The van der Waals surface area contributed by atoms with Crippen LogP contribution in [0.25, 0.3) is 115 Å². The number of fused-ring (bicyclic) bond motifs is 12. The first kappa shape index (κ1) is 33.8. The van der Waals surface area contributed by atoms with E-state index in [0.717, 1.165) is 44.2 Å². The molecule has 0 fully saturated rings. The molecule has 0 aliphatic heterocycles. The van der Waals surface area contributed by atoms with Crippen molar-refractivity contribution in [2.75, 3.05) is 0 Å². The lowest BCUT2D eigenvalue weighted by atomic mass is 10.0. The maximum atomic E-state index is 2.46. The van der Waals surface area contributed by atoms with Gasteiger partial charge in [0, 0.05) is 49.6 Å². The molecule has 8 bridgehead atoms. The molecular weight excluding hydrogens is 739 g/mol. The van der Waals surface area contributed by atoms with Crippen molar-refractivity contribution in [3.8, 4) is 17.1 Å². The second-order valence-electron chi connectivity index (χ2n) is 16.2. The number of benzene rings is 11. The van der Waals surface area contributed by atoms with Crippen molar-refractivity contribution in [1.29, 1.82) is 0 Å². The van der Waals surface area contributed by atoms with Crippen molar-refractivity contribution in [3.63, 3.8) is 0 Å². The standard InChI is InChI=1S/C58H37N3/c1-2-12-42-32-47(27-24-38(42)10-1)59-45-16-7-14-43(33-45)44-15-8-17-46(34-44)60(49-29-26-41-23-22-40-25-28-48(59)35-54(40)55(41)36-49)50-30-31-53-52-19-5-6-20-57(52)61(58(53)37-50)56-21-9-13-39-11-3-4-18-51(39)56/h1-37H. The number of aromatic nitrogens is 3. The fourth-order valence-electron chi connectivity index (χ4n) is 9.92. The Morgan fingerprint density at radius 1 is 0.213 bits per heavy atom. The van der Waals surface area contributed by atoms with Crippen LogP contribution in [0.2, 0.25) is 0 Å². The van der Waals surface area contributed by atoms with Gasteiger partial charge in [0.05, 0.1) is 16.7 Å². The molecule has 0 N–H and O–H groups in total. The van der Waals surface area contributed by atoms with Gasteiger partial charge in [0.25, 0.3) is 0 Å². The summed E-state index contributed by atoms with van der Waals surface area (Å²) in [5.41, 5.74) is 10.2. The summed E-state index contributed by atoms with van der Waals surface area (Å²) < 4.78 is 7.30. The molecule has 0 amide bonds. The van der Waals surface area contributed by atoms with E-state index in [1.54, 1.807) is 0 Å². The monoisotopic (exact) mass is 775 g/mol. The van der Waals surface area contributed by atoms with Crippen molar-refractivity contribution in [2.24, 2.45) is 0 Å². The van der Waals surface area contributed by atoms with Gasteiger partial charge < -0.3 is 13.7 Å². The number of rotatable bonds is 3. The third-order valence-electron chi connectivity index (χ3n) is 12.8. The minimum atomic E-state index is 1.09. The maximum Gasteiger partial charge on any atom is 0.0562 e. The van der Waals surface area contributed by atoms with Crippen LogP contribution in [0.5, 0.6) is 0 Å². The smallest absolute Gasteiger partial charge is 0.0562 e. The molecule has 0 atom stereocenters. The maximum absolute atomic E-state index is 2.46. The summed E-state index contributed by atoms with van der Waals surface area (Å²) in [6, 6.07) is 83.0. The summed E-state index contributed by atoms with van der Waals surface area (Å²) >= 11 is 0. The zero-order valence-electron chi connectivity index (χ0n) is 33.2. The van der Waals surface area contributed by atoms with Crippen LogP contribution in [-0.2, 0) is 0 Å². The average molecular weight is 776 g/mol. The lowest BCUT2D eigenvalue weighted by Gasteiger charge is -2.16.